The van der Waals surface area contributed by atoms with Crippen molar-refractivity contribution >= 4 is 40.3 Å². The highest BCUT2D eigenvalue weighted by Crippen LogP contribution is 2.28. The fourth-order valence-electron chi connectivity index (χ4n) is 3.56. The zero-order chi connectivity index (χ0) is 23.0. The number of aliphatic hydroxyl groups is 1. The summed E-state index contributed by atoms with van der Waals surface area (Å²) >= 11 is 12.7. The third-order valence-corrected chi connectivity index (χ3v) is 6.07. The van der Waals surface area contributed by atoms with Crippen LogP contribution >= 0.6 is 23.2 Å². The Morgan fingerprint density at radius 1 is 1.00 bits per heavy atom. The molecule has 4 aromatic rings. The molecule has 0 saturated carbocycles. The van der Waals surface area contributed by atoms with Gasteiger partial charge in [-0.1, -0.05) is 59.6 Å². The third kappa shape index (κ3) is 3.92. The number of aromatic nitrogens is 4. The van der Waals surface area contributed by atoms with E-state index in [1.807, 2.05) is 30.3 Å². The van der Waals surface area contributed by atoms with Crippen molar-refractivity contribution in [3.05, 3.63) is 90.5 Å². The summed E-state index contributed by atoms with van der Waals surface area (Å²) < 4.78 is 3.96. The van der Waals surface area contributed by atoms with Crippen LogP contribution in [0.5, 0.6) is 0 Å². The predicted molar refractivity (Wildman–Crippen MR) is 126 cm³/mol. The van der Waals surface area contributed by atoms with Crippen LogP contribution in [0.25, 0.3) is 11.2 Å². The van der Waals surface area contributed by atoms with Crippen LogP contribution < -0.4 is 16.6 Å². The van der Waals surface area contributed by atoms with Crippen LogP contribution in [0.2, 0.25) is 10.0 Å². The SMILES string of the molecule is Cn1c(=O)c2c(nc(NC[C@@H](O)c3ccccc3)n2Cc2c(Cl)cccc2Cl)n(C)c1=O. The van der Waals surface area contributed by atoms with Crippen LogP contribution in [-0.4, -0.2) is 30.3 Å². The van der Waals surface area contributed by atoms with Crippen molar-refractivity contribution in [3.8, 4) is 0 Å². The number of hydrogen-bond acceptors (Lipinski definition) is 5. The first kappa shape index (κ1) is 22.1. The number of benzene rings is 2. The molecule has 2 heterocycles. The van der Waals surface area contributed by atoms with Crippen LogP contribution in [-0.2, 0) is 20.6 Å². The molecular formula is C22H21Cl2N5O3. The Morgan fingerprint density at radius 2 is 1.66 bits per heavy atom. The molecular weight excluding hydrogens is 453 g/mol. The smallest absolute Gasteiger partial charge is 0.332 e. The van der Waals surface area contributed by atoms with Crippen molar-refractivity contribution in [2.75, 3.05) is 11.9 Å². The Hall–Kier alpha value is -3.07. The third-order valence-electron chi connectivity index (χ3n) is 5.36. The Balaban J connectivity index is 1.83. The summed E-state index contributed by atoms with van der Waals surface area (Å²) in [7, 11) is 2.96. The van der Waals surface area contributed by atoms with E-state index < -0.39 is 17.4 Å². The van der Waals surface area contributed by atoms with E-state index >= 15 is 0 Å². The first-order chi connectivity index (χ1) is 15.3. The summed E-state index contributed by atoms with van der Waals surface area (Å²) in [4.78, 5) is 29.9. The van der Waals surface area contributed by atoms with Gasteiger partial charge in [-0.3, -0.25) is 18.5 Å². The summed E-state index contributed by atoms with van der Waals surface area (Å²) in [6.45, 7) is 0.282. The van der Waals surface area contributed by atoms with Crippen LogP contribution in [0.1, 0.15) is 17.2 Å². The largest absolute Gasteiger partial charge is 0.387 e. The molecule has 0 aliphatic carbocycles. The minimum absolute atomic E-state index is 0.137. The van der Waals surface area contributed by atoms with Crippen molar-refractivity contribution < 1.29 is 5.11 Å². The molecule has 0 saturated heterocycles. The molecule has 4 rings (SSSR count). The minimum atomic E-state index is -0.806. The maximum atomic E-state index is 13.0. The van der Waals surface area contributed by atoms with E-state index in [0.717, 1.165) is 10.1 Å². The molecule has 0 unspecified atom stereocenters. The molecule has 1 atom stereocenters. The van der Waals surface area contributed by atoms with Crippen LogP contribution in [0.3, 0.4) is 0 Å². The first-order valence-corrected chi connectivity index (χ1v) is 10.6. The number of fused-ring (bicyclic) bond motifs is 1. The number of imidazole rings is 1. The molecule has 10 heteroatoms. The van der Waals surface area contributed by atoms with Gasteiger partial charge in [-0.15, -0.1) is 0 Å². The highest BCUT2D eigenvalue weighted by atomic mass is 35.5. The van der Waals surface area contributed by atoms with Crippen molar-refractivity contribution in [2.24, 2.45) is 14.1 Å². The topological polar surface area (TPSA) is 94.1 Å². The number of aryl methyl sites for hydroxylation is 1. The van der Waals surface area contributed by atoms with Gasteiger partial charge in [-0.25, -0.2) is 4.79 Å². The summed E-state index contributed by atoms with van der Waals surface area (Å²) in [5.74, 6) is 0.310. The molecule has 2 N–H and O–H groups in total. The number of halogens is 2. The lowest BCUT2D eigenvalue weighted by atomic mass is 10.1. The van der Waals surface area contributed by atoms with E-state index in [0.29, 0.717) is 21.6 Å². The number of aliphatic hydroxyl groups excluding tert-OH is 1. The van der Waals surface area contributed by atoms with E-state index in [2.05, 4.69) is 10.3 Å². The standard InChI is InChI=1S/C22H21Cl2N5O3/c1-27-19-18(20(31)28(2)22(27)32)29(12-14-15(23)9-6-10-16(14)24)21(26-19)25-11-17(30)13-7-4-3-5-8-13/h3-10,17,30H,11-12H2,1-2H3,(H,25,26)/t17-/m1/s1. The fourth-order valence-corrected chi connectivity index (χ4v) is 4.07. The van der Waals surface area contributed by atoms with E-state index in [1.54, 1.807) is 29.8 Å². The summed E-state index contributed by atoms with van der Waals surface area (Å²) in [5.41, 5.74) is 0.812. The van der Waals surface area contributed by atoms with Gasteiger partial charge in [0.15, 0.2) is 11.2 Å². The van der Waals surface area contributed by atoms with Gasteiger partial charge in [-0.2, -0.15) is 4.98 Å². The zero-order valence-electron chi connectivity index (χ0n) is 17.4. The highest BCUT2D eigenvalue weighted by molar-refractivity contribution is 6.36. The second kappa shape index (κ2) is 8.82. The fraction of sp³-hybridized carbons (Fsp3) is 0.227. The first-order valence-electron chi connectivity index (χ1n) is 9.85. The molecule has 0 aliphatic rings. The van der Waals surface area contributed by atoms with Gasteiger partial charge < -0.3 is 10.4 Å². The van der Waals surface area contributed by atoms with Crippen molar-refractivity contribution in [1.82, 2.24) is 18.7 Å². The second-order valence-corrected chi connectivity index (χ2v) is 8.22. The lowest BCUT2D eigenvalue weighted by Gasteiger charge is -2.15. The van der Waals surface area contributed by atoms with Crippen molar-refractivity contribution in [2.45, 2.75) is 12.6 Å². The quantitative estimate of drug-likeness (QED) is 0.448. The van der Waals surface area contributed by atoms with E-state index in [9.17, 15) is 14.7 Å². The number of anilines is 1. The average molecular weight is 474 g/mol. The van der Waals surface area contributed by atoms with Gasteiger partial charge in [0.05, 0.1) is 12.6 Å². The highest BCUT2D eigenvalue weighted by Gasteiger charge is 2.21. The predicted octanol–water partition coefficient (Wildman–Crippen LogP) is 2.93. The van der Waals surface area contributed by atoms with E-state index in [4.69, 9.17) is 23.2 Å². The van der Waals surface area contributed by atoms with Crippen LogP contribution in [0.4, 0.5) is 5.95 Å². The Labute approximate surface area is 193 Å². The average Bonchev–Trinajstić information content (AvgIpc) is 3.16. The summed E-state index contributed by atoms with van der Waals surface area (Å²) in [6, 6.07) is 14.3. The maximum absolute atomic E-state index is 13.0. The van der Waals surface area contributed by atoms with Crippen LogP contribution in [0.15, 0.2) is 58.1 Å². The monoisotopic (exact) mass is 473 g/mol. The lowest BCUT2D eigenvalue weighted by molar-refractivity contribution is 0.191. The Kier molecular flexibility index (Phi) is 6.10. The molecule has 0 spiro atoms. The Morgan fingerprint density at radius 3 is 2.31 bits per heavy atom. The van der Waals surface area contributed by atoms with Crippen molar-refractivity contribution in [1.29, 1.82) is 0 Å². The van der Waals surface area contributed by atoms with Gasteiger partial charge in [0, 0.05) is 36.2 Å². The van der Waals surface area contributed by atoms with Gasteiger partial charge in [0.25, 0.3) is 5.56 Å². The summed E-state index contributed by atoms with van der Waals surface area (Å²) in [6.07, 6.45) is -0.806. The van der Waals surface area contributed by atoms with Gasteiger partial charge in [-0.05, 0) is 17.7 Å². The number of nitrogens with one attached hydrogen (secondary N) is 1. The molecule has 32 heavy (non-hydrogen) atoms. The maximum Gasteiger partial charge on any atom is 0.332 e. The number of rotatable bonds is 6. The molecule has 166 valence electrons. The molecule has 0 bridgehead atoms. The normalized spacial score (nSPS) is 12.3. The Bertz CT molecular complexity index is 1390. The lowest BCUT2D eigenvalue weighted by Crippen LogP contribution is -2.37. The van der Waals surface area contributed by atoms with Crippen molar-refractivity contribution in [3.63, 3.8) is 0 Å². The molecule has 8 nitrogen and oxygen atoms in total. The molecule has 0 amide bonds. The van der Waals surface area contributed by atoms with Gasteiger partial charge >= 0.3 is 5.69 Å². The van der Waals surface area contributed by atoms with E-state index in [1.165, 1.54) is 11.6 Å². The van der Waals surface area contributed by atoms with Gasteiger partial charge in [0.1, 0.15) is 0 Å². The van der Waals surface area contributed by atoms with Crippen LogP contribution in [0, 0.1) is 0 Å². The van der Waals surface area contributed by atoms with Gasteiger partial charge in [0.2, 0.25) is 5.95 Å². The molecule has 0 aliphatic heterocycles. The zero-order valence-corrected chi connectivity index (χ0v) is 18.9. The number of hydrogen-bond donors (Lipinski definition) is 2. The number of nitrogens with zero attached hydrogens (tertiary/aromatic N) is 4. The van der Waals surface area contributed by atoms with E-state index in [-0.39, 0.29) is 24.3 Å². The summed E-state index contributed by atoms with van der Waals surface area (Å²) in [5, 5.41) is 14.5. The molecule has 0 fully saturated rings. The second-order valence-electron chi connectivity index (χ2n) is 7.41. The molecule has 2 aromatic heterocycles. The molecule has 0 radical (unpaired) electrons. The minimum Gasteiger partial charge on any atom is -0.387 e. The molecule has 2 aromatic carbocycles.